The molecular weight excluding hydrogens is 256 g/mol. The molecule has 1 heterocycles. The zero-order valence-corrected chi connectivity index (χ0v) is 10.4. The lowest BCUT2D eigenvalue weighted by molar-refractivity contribution is 0.129. The third kappa shape index (κ3) is 2.01. The first-order valence-electron chi connectivity index (χ1n) is 5.36. The third-order valence-corrected chi connectivity index (χ3v) is 3.18. The molecule has 0 spiro atoms. The zero-order valence-electron chi connectivity index (χ0n) is 9.63. The molecule has 6 heteroatoms. The fourth-order valence-corrected chi connectivity index (χ4v) is 2.12. The van der Waals surface area contributed by atoms with E-state index in [9.17, 15) is 9.90 Å². The highest BCUT2D eigenvalue weighted by atomic mass is 35.5. The molecule has 1 aliphatic rings. The first-order valence-corrected chi connectivity index (χ1v) is 5.74. The second-order valence-corrected chi connectivity index (χ2v) is 4.36. The van der Waals surface area contributed by atoms with Crippen molar-refractivity contribution in [1.82, 2.24) is 0 Å². The van der Waals surface area contributed by atoms with Gasteiger partial charge >= 0.3 is 6.09 Å². The van der Waals surface area contributed by atoms with E-state index in [0.717, 1.165) is 0 Å². The Labute approximate surface area is 109 Å². The predicted molar refractivity (Wildman–Crippen MR) is 67.0 cm³/mol. The number of halogens is 1. The molecule has 1 fully saturated rings. The summed E-state index contributed by atoms with van der Waals surface area (Å²) in [4.78, 5) is 16.3. The maximum Gasteiger partial charge on any atom is 0.415 e. The highest BCUT2D eigenvalue weighted by molar-refractivity contribution is 6.33. The van der Waals surface area contributed by atoms with Crippen molar-refractivity contribution in [2.24, 2.45) is 0 Å². The number of hydrogen-bond acceptors (Lipinski definition) is 3. The van der Waals surface area contributed by atoms with Crippen LogP contribution in [0.1, 0.15) is 6.92 Å². The maximum atomic E-state index is 11.7. The molecule has 1 N–H and O–H groups in total. The Kier molecular flexibility index (Phi) is 3.41. The molecule has 1 aromatic rings. The number of carbonyl (C=O) groups excluding carboxylic acids is 1. The van der Waals surface area contributed by atoms with Crippen LogP contribution in [0.4, 0.5) is 16.2 Å². The van der Waals surface area contributed by atoms with E-state index in [0.29, 0.717) is 11.4 Å². The van der Waals surface area contributed by atoms with E-state index in [2.05, 4.69) is 4.85 Å². The molecule has 18 heavy (non-hydrogen) atoms. The number of rotatable bonds is 2. The number of benzene rings is 1. The molecule has 0 saturated carbocycles. The monoisotopic (exact) mass is 266 g/mol. The van der Waals surface area contributed by atoms with Gasteiger partial charge in [0.2, 0.25) is 5.69 Å². The van der Waals surface area contributed by atoms with E-state index in [1.807, 2.05) is 0 Å². The summed E-state index contributed by atoms with van der Waals surface area (Å²) < 4.78 is 5.05. The van der Waals surface area contributed by atoms with Crippen LogP contribution in [0.5, 0.6) is 0 Å². The summed E-state index contributed by atoms with van der Waals surface area (Å²) >= 11 is 5.93. The van der Waals surface area contributed by atoms with Gasteiger partial charge in [-0.2, -0.15) is 0 Å². The van der Waals surface area contributed by atoms with Crippen LogP contribution in [0.2, 0.25) is 5.02 Å². The van der Waals surface area contributed by atoms with Crippen molar-refractivity contribution in [2.75, 3.05) is 11.5 Å². The molecule has 1 amide bonds. The van der Waals surface area contributed by atoms with Crippen molar-refractivity contribution in [3.8, 4) is 0 Å². The minimum absolute atomic E-state index is 0.199. The summed E-state index contributed by atoms with van der Waals surface area (Å²) in [5.41, 5.74) is 0.836. The SMILES string of the molecule is [C-]#[N+]c1ccc(N2C(=O)O[C@@H](C)[C@@H]2CO)cc1Cl. The number of ether oxygens (including phenoxy) is 1. The molecule has 94 valence electrons. The van der Waals surface area contributed by atoms with Gasteiger partial charge in [0.15, 0.2) is 0 Å². The van der Waals surface area contributed by atoms with Gasteiger partial charge in [-0.05, 0) is 19.1 Å². The van der Waals surface area contributed by atoms with Crippen LogP contribution in [0.15, 0.2) is 18.2 Å². The third-order valence-electron chi connectivity index (χ3n) is 2.87. The molecule has 2 rings (SSSR count). The summed E-state index contributed by atoms with van der Waals surface area (Å²) in [6.45, 7) is 8.42. The highest BCUT2D eigenvalue weighted by Crippen LogP contribution is 2.33. The van der Waals surface area contributed by atoms with Crippen molar-refractivity contribution in [2.45, 2.75) is 19.1 Å². The van der Waals surface area contributed by atoms with Crippen LogP contribution in [0, 0.1) is 6.57 Å². The van der Waals surface area contributed by atoms with Crippen molar-refractivity contribution >= 4 is 29.1 Å². The Morgan fingerprint density at radius 2 is 2.33 bits per heavy atom. The fraction of sp³-hybridized carbons (Fsp3) is 0.333. The largest absolute Gasteiger partial charge is 0.444 e. The molecule has 1 aromatic carbocycles. The van der Waals surface area contributed by atoms with E-state index >= 15 is 0 Å². The Bertz CT molecular complexity index is 527. The van der Waals surface area contributed by atoms with Crippen LogP contribution >= 0.6 is 11.6 Å². The Morgan fingerprint density at radius 3 is 2.89 bits per heavy atom. The molecule has 0 unspecified atom stereocenters. The second-order valence-electron chi connectivity index (χ2n) is 3.96. The summed E-state index contributed by atoms with van der Waals surface area (Å²) in [5, 5.41) is 9.57. The number of anilines is 1. The van der Waals surface area contributed by atoms with Crippen LogP contribution < -0.4 is 4.90 Å². The lowest BCUT2D eigenvalue weighted by Gasteiger charge is -2.21. The number of hydrogen-bond donors (Lipinski definition) is 1. The molecule has 2 atom stereocenters. The number of nitrogens with zero attached hydrogens (tertiary/aromatic N) is 2. The molecule has 5 nitrogen and oxygen atoms in total. The molecule has 0 radical (unpaired) electrons. The van der Waals surface area contributed by atoms with E-state index in [-0.39, 0.29) is 17.7 Å². The summed E-state index contributed by atoms with van der Waals surface area (Å²) in [7, 11) is 0. The van der Waals surface area contributed by atoms with E-state index < -0.39 is 12.1 Å². The average molecular weight is 267 g/mol. The number of amides is 1. The summed E-state index contributed by atoms with van der Waals surface area (Å²) in [6, 6.07) is 4.24. The van der Waals surface area contributed by atoms with Crippen molar-refractivity contribution in [3.63, 3.8) is 0 Å². The Hall–Kier alpha value is -1.77. The first kappa shape index (κ1) is 12.7. The number of carbonyl (C=O) groups is 1. The van der Waals surface area contributed by atoms with Crippen molar-refractivity contribution < 1.29 is 14.6 Å². The van der Waals surface area contributed by atoms with Gasteiger partial charge in [-0.25, -0.2) is 9.64 Å². The molecule has 0 aromatic heterocycles. The average Bonchev–Trinajstić information content (AvgIpc) is 2.63. The predicted octanol–water partition coefficient (Wildman–Crippen LogP) is 2.60. The highest BCUT2D eigenvalue weighted by Gasteiger charge is 2.39. The standard InChI is InChI=1S/C12H11ClN2O3/c1-7-11(6-16)15(12(17)18-7)8-3-4-10(14-2)9(13)5-8/h3-5,7,11,16H,6H2,1H3/t7-,11-/m0/s1. The van der Waals surface area contributed by atoms with Gasteiger partial charge in [0, 0.05) is 10.7 Å². The van der Waals surface area contributed by atoms with Gasteiger partial charge in [-0.1, -0.05) is 17.7 Å². The smallest absolute Gasteiger partial charge is 0.415 e. The van der Waals surface area contributed by atoms with Crippen LogP contribution in [-0.4, -0.2) is 30.0 Å². The van der Waals surface area contributed by atoms with Gasteiger partial charge in [-0.15, -0.1) is 0 Å². The summed E-state index contributed by atoms with van der Waals surface area (Å²) in [6.07, 6.45) is -0.907. The van der Waals surface area contributed by atoms with E-state index in [4.69, 9.17) is 22.9 Å². The normalized spacial score (nSPS) is 22.8. The van der Waals surface area contributed by atoms with Gasteiger partial charge in [-0.3, -0.25) is 4.90 Å². The minimum Gasteiger partial charge on any atom is -0.444 e. The van der Waals surface area contributed by atoms with Gasteiger partial charge in [0.1, 0.15) is 12.1 Å². The second kappa shape index (κ2) is 4.84. The quantitative estimate of drug-likeness (QED) is 0.837. The fourth-order valence-electron chi connectivity index (χ4n) is 1.90. The van der Waals surface area contributed by atoms with Crippen molar-refractivity contribution in [1.29, 1.82) is 0 Å². The first-order chi connectivity index (χ1) is 8.58. The Balaban J connectivity index is 2.39. The number of aliphatic hydroxyl groups is 1. The lowest BCUT2D eigenvalue weighted by atomic mass is 10.1. The van der Waals surface area contributed by atoms with E-state index in [1.165, 1.54) is 17.0 Å². The van der Waals surface area contributed by atoms with Gasteiger partial charge < -0.3 is 9.84 Å². The molecule has 0 aliphatic carbocycles. The topological polar surface area (TPSA) is 54.1 Å². The Morgan fingerprint density at radius 1 is 1.61 bits per heavy atom. The number of aliphatic hydroxyl groups excluding tert-OH is 1. The number of cyclic esters (lactones) is 1. The zero-order chi connectivity index (χ0) is 13.3. The molecule has 0 bridgehead atoms. The van der Waals surface area contributed by atoms with E-state index in [1.54, 1.807) is 13.0 Å². The summed E-state index contributed by atoms with van der Waals surface area (Å²) in [5.74, 6) is 0. The lowest BCUT2D eigenvalue weighted by Crippen LogP contribution is -2.38. The molecule has 1 aliphatic heterocycles. The molecular formula is C12H11ClN2O3. The van der Waals surface area contributed by atoms with Crippen LogP contribution in [-0.2, 0) is 4.74 Å². The maximum absolute atomic E-state index is 11.7. The molecule has 1 saturated heterocycles. The van der Waals surface area contributed by atoms with Gasteiger partial charge in [0.25, 0.3) is 0 Å². The van der Waals surface area contributed by atoms with Gasteiger partial charge in [0.05, 0.1) is 13.2 Å². The minimum atomic E-state index is -0.520. The van der Waals surface area contributed by atoms with Crippen LogP contribution in [0.3, 0.4) is 0 Å². The van der Waals surface area contributed by atoms with Crippen LogP contribution in [0.25, 0.3) is 4.85 Å². The van der Waals surface area contributed by atoms with Crippen molar-refractivity contribution in [3.05, 3.63) is 34.6 Å².